The van der Waals surface area contributed by atoms with Crippen LogP contribution in [0.5, 0.6) is 0 Å². The lowest BCUT2D eigenvalue weighted by molar-refractivity contribution is 0.101. The van der Waals surface area contributed by atoms with Crippen LogP contribution in [0.25, 0.3) is 10.8 Å². The van der Waals surface area contributed by atoms with Crippen molar-refractivity contribution in [3.05, 3.63) is 108 Å². The maximum atomic E-state index is 12.8. The van der Waals surface area contributed by atoms with Crippen molar-refractivity contribution in [1.82, 2.24) is 0 Å². The fourth-order valence-corrected chi connectivity index (χ4v) is 3.26. The van der Waals surface area contributed by atoms with Crippen LogP contribution >= 0.6 is 0 Å². The molecular weight excluding hydrogens is 360 g/mol. The van der Waals surface area contributed by atoms with Gasteiger partial charge in [-0.05, 0) is 59.7 Å². The molecule has 4 nitrogen and oxygen atoms in total. The van der Waals surface area contributed by atoms with E-state index in [-0.39, 0.29) is 11.8 Å². The molecule has 0 saturated heterocycles. The zero-order chi connectivity index (χ0) is 20.2. The topological polar surface area (TPSA) is 58.2 Å². The molecule has 2 amide bonds. The Hall–Kier alpha value is -3.92. The van der Waals surface area contributed by atoms with Crippen LogP contribution in [0, 0.1) is 6.92 Å². The van der Waals surface area contributed by atoms with Gasteiger partial charge < -0.3 is 10.6 Å². The summed E-state index contributed by atoms with van der Waals surface area (Å²) < 4.78 is 0. The van der Waals surface area contributed by atoms with Crippen LogP contribution in [0.2, 0.25) is 0 Å². The van der Waals surface area contributed by atoms with E-state index in [4.69, 9.17) is 0 Å². The molecule has 4 aromatic rings. The molecule has 0 aromatic heterocycles. The van der Waals surface area contributed by atoms with Crippen molar-refractivity contribution in [3.8, 4) is 0 Å². The van der Waals surface area contributed by atoms with Crippen molar-refractivity contribution >= 4 is 34.0 Å². The lowest BCUT2D eigenvalue weighted by atomic mass is 10.0. The van der Waals surface area contributed by atoms with Gasteiger partial charge in [0.2, 0.25) is 0 Å². The third-order valence-electron chi connectivity index (χ3n) is 4.87. The van der Waals surface area contributed by atoms with E-state index in [1.807, 2.05) is 73.7 Å². The van der Waals surface area contributed by atoms with Gasteiger partial charge in [0.1, 0.15) is 0 Å². The lowest BCUT2D eigenvalue weighted by Gasteiger charge is -2.13. The molecule has 0 heterocycles. The quantitative estimate of drug-likeness (QED) is 0.480. The molecular formula is C25H20N2O2. The van der Waals surface area contributed by atoms with Crippen LogP contribution in [0.4, 0.5) is 11.4 Å². The van der Waals surface area contributed by atoms with Gasteiger partial charge in [0, 0.05) is 22.5 Å². The Morgan fingerprint density at radius 2 is 1.38 bits per heavy atom. The van der Waals surface area contributed by atoms with Crippen LogP contribution in [0.3, 0.4) is 0 Å². The molecule has 0 bridgehead atoms. The summed E-state index contributed by atoms with van der Waals surface area (Å²) in [7, 11) is 0. The molecule has 4 heteroatoms. The molecule has 0 spiro atoms. The predicted octanol–water partition coefficient (Wildman–Crippen LogP) is 5.65. The predicted molar refractivity (Wildman–Crippen MR) is 117 cm³/mol. The first-order valence-electron chi connectivity index (χ1n) is 9.38. The summed E-state index contributed by atoms with van der Waals surface area (Å²) in [4.78, 5) is 25.4. The van der Waals surface area contributed by atoms with Gasteiger partial charge in [-0.25, -0.2) is 0 Å². The van der Waals surface area contributed by atoms with E-state index in [0.29, 0.717) is 16.8 Å². The van der Waals surface area contributed by atoms with Crippen LogP contribution in [-0.4, -0.2) is 11.8 Å². The van der Waals surface area contributed by atoms with E-state index >= 15 is 0 Å². The minimum absolute atomic E-state index is 0.209. The van der Waals surface area contributed by atoms with E-state index in [9.17, 15) is 9.59 Å². The number of carbonyl (C=O) groups is 2. The molecule has 4 aromatic carbocycles. The second-order valence-corrected chi connectivity index (χ2v) is 6.81. The highest BCUT2D eigenvalue weighted by Gasteiger charge is 2.14. The minimum Gasteiger partial charge on any atom is -0.322 e. The van der Waals surface area contributed by atoms with E-state index < -0.39 is 0 Å². The number of amides is 2. The highest BCUT2D eigenvalue weighted by Crippen LogP contribution is 2.22. The van der Waals surface area contributed by atoms with E-state index in [1.165, 1.54) is 0 Å². The summed E-state index contributed by atoms with van der Waals surface area (Å²) in [6.07, 6.45) is 0. The summed E-state index contributed by atoms with van der Waals surface area (Å²) in [5, 5.41) is 7.90. The number of para-hydroxylation sites is 1. The van der Waals surface area contributed by atoms with E-state index in [1.54, 1.807) is 24.3 Å². The Kier molecular flexibility index (Phi) is 5.08. The highest BCUT2D eigenvalue weighted by molar-refractivity contribution is 6.09. The molecule has 0 saturated carbocycles. The molecule has 0 atom stereocenters. The molecule has 0 aliphatic heterocycles. The van der Waals surface area contributed by atoms with Crippen LogP contribution in [0.1, 0.15) is 26.3 Å². The number of carbonyl (C=O) groups excluding carboxylic acids is 2. The normalized spacial score (nSPS) is 10.5. The van der Waals surface area contributed by atoms with Gasteiger partial charge in [0.05, 0.1) is 0 Å². The number of fused-ring (bicyclic) bond motifs is 1. The van der Waals surface area contributed by atoms with Gasteiger partial charge in [0.25, 0.3) is 11.8 Å². The SMILES string of the molecule is Cc1c(NC(=O)c2ccc3ccccc3c2)cccc1C(=O)Nc1ccccc1. The van der Waals surface area contributed by atoms with Crippen LogP contribution in [0.15, 0.2) is 91.0 Å². The molecule has 142 valence electrons. The number of anilines is 2. The molecule has 29 heavy (non-hydrogen) atoms. The monoisotopic (exact) mass is 380 g/mol. The number of hydrogen-bond acceptors (Lipinski definition) is 2. The molecule has 2 N–H and O–H groups in total. The van der Waals surface area contributed by atoms with Crippen molar-refractivity contribution in [2.45, 2.75) is 6.92 Å². The molecule has 0 aliphatic rings. The summed E-state index contributed by atoms with van der Waals surface area (Å²) in [6.45, 7) is 1.83. The molecule has 0 radical (unpaired) electrons. The first kappa shape index (κ1) is 18.4. The highest BCUT2D eigenvalue weighted by atomic mass is 16.2. The van der Waals surface area contributed by atoms with Crippen molar-refractivity contribution in [2.24, 2.45) is 0 Å². The van der Waals surface area contributed by atoms with Gasteiger partial charge in [-0.3, -0.25) is 9.59 Å². The average molecular weight is 380 g/mol. The van der Waals surface area contributed by atoms with Crippen molar-refractivity contribution in [1.29, 1.82) is 0 Å². The second kappa shape index (κ2) is 7.98. The van der Waals surface area contributed by atoms with Crippen molar-refractivity contribution in [2.75, 3.05) is 10.6 Å². The van der Waals surface area contributed by atoms with Crippen molar-refractivity contribution in [3.63, 3.8) is 0 Å². The summed E-state index contributed by atoms with van der Waals surface area (Å²) in [5.41, 5.74) is 3.15. The van der Waals surface area contributed by atoms with E-state index in [0.717, 1.165) is 22.0 Å². The zero-order valence-electron chi connectivity index (χ0n) is 16.0. The summed E-state index contributed by atoms with van der Waals surface area (Å²) in [5.74, 6) is -0.421. The van der Waals surface area contributed by atoms with Gasteiger partial charge in [0.15, 0.2) is 0 Å². The first-order valence-corrected chi connectivity index (χ1v) is 9.38. The fraction of sp³-hybridized carbons (Fsp3) is 0.0400. The lowest BCUT2D eigenvalue weighted by Crippen LogP contribution is -2.17. The summed E-state index contributed by atoms with van der Waals surface area (Å²) in [6, 6.07) is 28.1. The fourth-order valence-electron chi connectivity index (χ4n) is 3.26. The average Bonchev–Trinajstić information content (AvgIpc) is 2.75. The van der Waals surface area contributed by atoms with Gasteiger partial charge >= 0.3 is 0 Å². The van der Waals surface area contributed by atoms with E-state index in [2.05, 4.69) is 10.6 Å². The Balaban J connectivity index is 1.56. The molecule has 0 unspecified atom stereocenters. The largest absolute Gasteiger partial charge is 0.322 e. The van der Waals surface area contributed by atoms with Crippen LogP contribution in [-0.2, 0) is 0 Å². The number of rotatable bonds is 4. The Bertz CT molecular complexity index is 1200. The van der Waals surface area contributed by atoms with Crippen molar-refractivity contribution < 1.29 is 9.59 Å². The second-order valence-electron chi connectivity index (χ2n) is 6.81. The number of hydrogen-bond donors (Lipinski definition) is 2. The Morgan fingerprint density at radius 1 is 0.655 bits per heavy atom. The maximum absolute atomic E-state index is 12.8. The smallest absolute Gasteiger partial charge is 0.256 e. The summed E-state index contributed by atoms with van der Waals surface area (Å²) >= 11 is 0. The van der Waals surface area contributed by atoms with Gasteiger partial charge in [-0.15, -0.1) is 0 Å². The minimum atomic E-state index is -0.212. The molecule has 4 rings (SSSR count). The molecule has 0 fully saturated rings. The third-order valence-corrected chi connectivity index (χ3v) is 4.87. The number of benzene rings is 4. The zero-order valence-corrected chi connectivity index (χ0v) is 16.0. The van der Waals surface area contributed by atoms with Gasteiger partial charge in [-0.1, -0.05) is 54.6 Å². The number of nitrogens with one attached hydrogen (secondary N) is 2. The molecule has 0 aliphatic carbocycles. The van der Waals surface area contributed by atoms with Crippen LogP contribution < -0.4 is 10.6 Å². The Labute approximate surface area is 169 Å². The maximum Gasteiger partial charge on any atom is 0.256 e. The third kappa shape index (κ3) is 4.01. The standard InChI is InChI=1S/C25H20N2O2/c1-17-22(25(29)26-21-10-3-2-4-11-21)12-7-13-23(17)27-24(28)20-15-14-18-8-5-6-9-19(18)16-20/h2-16H,1H3,(H,26,29)(H,27,28). The Morgan fingerprint density at radius 3 is 2.17 bits per heavy atom. The van der Waals surface area contributed by atoms with Gasteiger partial charge in [-0.2, -0.15) is 0 Å². The first-order chi connectivity index (χ1) is 14.1.